The van der Waals surface area contributed by atoms with Crippen LogP contribution in [-0.4, -0.2) is 33.9 Å². The lowest BCUT2D eigenvalue weighted by Crippen LogP contribution is -1.98. The van der Waals surface area contributed by atoms with E-state index in [1.807, 2.05) is 0 Å². The molecule has 0 unspecified atom stereocenters. The van der Waals surface area contributed by atoms with E-state index in [0.29, 0.717) is 11.3 Å². The first-order valence-electron chi connectivity index (χ1n) is 7.19. The number of hydrogen-bond acceptors (Lipinski definition) is 7. The molecule has 0 spiro atoms. The molecule has 9 nitrogen and oxygen atoms in total. The maximum absolute atomic E-state index is 11.0. The molecule has 0 aliphatic rings. The predicted molar refractivity (Wildman–Crippen MR) is 90.5 cm³/mol. The van der Waals surface area contributed by atoms with Crippen molar-refractivity contribution >= 4 is 23.6 Å². The number of nitrogens with zero attached hydrogens (tertiary/aromatic N) is 2. The molecule has 0 aromatic heterocycles. The van der Waals surface area contributed by atoms with E-state index in [2.05, 4.69) is 10.5 Å². The molecule has 0 heterocycles. The number of phenols is 1. The molecule has 0 saturated carbocycles. The third-order valence-corrected chi connectivity index (χ3v) is 3.11. The molecule has 0 amide bonds. The van der Waals surface area contributed by atoms with Gasteiger partial charge >= 0.3 is 11.7 Å². The number of hydrazone groups is 1. The number of carboxylic acid groups (broad SMARTS) is 1. The SMILES string of the molecule is CCOc1cc(/C=N/Nc2ccc(C(=O)O)cc2)cc([N+](=O)[O-])c1O. The van der Waals surface area contributed by atoms with Crippen LogP contribution in [-0.2, 0) is 0 Å². The average molecular weight is 345 g/mol. The molecule has 0 radical (unpaired) electrons. The van der Waals surface area contributed by atoms with Gasteiger partial charge in [-0.3, -0.25) is 15.5 Å². The number of anilines is 1. The number of nitro benzene ring substituents is 1. The highest BCUT2D eigenvalue weighted by Crippen LogP contribution is 2.36. The molecule has 0 aliphatic carbocycles. The number of aromatic carboxylic acids is 1. The van der Waals surface area contributed by atoms with Gasteiger partial charge in [0.2, 0.25) is 5.75 Å². The van der Waals surface area contributed by atoms with E-state index in [4.69, 9.17) is 9.84 Å². The van der Waals surface area contributed by atoms with Crippen molar-refractivity contribution in [3.05, 3.63) is 57.6 Å². The van der Waals surface area contributed by atoms with E-state index in [0.717, 1.165) is 6.07 Å². The topological polar surface area (TPSA) is 134 Å². The molecule has 3 N–H and O–H groups in total. The summed E-state index contributed by atoms with van der Waals surface area (Å²) in [6.45, 7) is 1.92. The minimum atomic E-state index is -1.03. The summed E-state index contributed by atoms with van der Waals surface area (Å²) in [5.41, 5.74) is 3.22. The highest BCUT2D eigenvalue weighted by molar-refractivity contribution is 5.88. The van der Waals surface area contributed by atoms with E-state index < -0.39 is 22.3 Å². The second kappa shape index (κ2) is 7.77. The standard InChI is InChI=1S/C16H15N3O6/c1-2-25-14-8-10(7-13(15(14)20)19(23)24)9-17-18-12-5-3-11(4-6-12)16(21)22/h3-9,18,20H,2H2,1H3,(H,21,22)/b17-9+. The number of hydrogen-bond donors (Lipinski definition) is 3. The van der Waals surface area contributed by atoms with Gasteiger partial charge in [-0.05, 0) is 37.3 Å². The van der Waals surface area contributed by atoms with Crippen LogP contribution in [0.5, 0.6) is 11.5 Å². The quantitative estimate of drug-likeness (QED) is 0.399. The Morgan fingerprint density at radius 3 is 2.60 bits per heavy atom. The third-order valence-electron chi connectivity index (χ3n) is 3.11. The molecule has 0 fully saturated rings. The lowest BCUT2D eigenvalue weighted by molar-refractivity contribution is -0.386. The molecule has 0 saturated heterocycles. The van der Waals surface area contributed by atoms with Gasteiger partial charge < -0.3 is 14.9 Å². The van der Waals surface area contributed by atoms with Crippen molar-refractivity contribution in [3.63, 3.8) is 0 Å². The number of nitro groups is 1. The molecule has 25 heavy (non-hydrogen) atoms. The van der Waals surface area contributed by atoms with Gasteiger partial charge in [0.1, 0.15) is 0 Å². The Balaban J connectivity index is 2.19. The first-order valence-corrected chi connectivity index (χ1v) is 7.19. The van der Waals surface area contributed by atoms with E-state index >= 15 is 0 Å². The summed E-state index contributed by atoms with van der Waals surface area (Å²) in [6.07, 6.45) is 1.32. The van der Waals surface area contributed by atoms with E-state index in [1.54, 1.807) is 6.92 Å². The van der Waals surface area contributed by atoms with E-state index in [-0.39, 0.29) is 17.9 Å². The number of phenolic OH excluding ortho intramolecular Hbond substituents is 1. The molecule has 9 heteroatoms. The van der Waals surface area contributed by atoms with Crippen LogP contribution in [0.15, 0.2) is 41.5 Å². The van der Waals surface area contributed by atoms with Crippen molar-refractivity contribution < 1.29 is 24.7 Å². The first kappa shape index (κ1) is 17.7. The van der Waals surface area contributed by atoms with E-state index in [1.165, 1.54) is 36.5 Å². The molecule has 2 aromatic rings. The summed E-state index contributed by atoms with van der Waals surface area (Å²) in [5.74, 6) is -1.58. The molecular formula is C16H15N3O6. The van der Waals surface area contributed by atoms with Gasteiger partial charge in [-0.1, -0.05) is 0 Å². The number of aromatic hydroxyl groups is 1. The maximum atomic E-state index is 11.0. The van der Waals surface area contributed by atoms with Crippen molar-refractivity contribution in [1.29, 1.82) is 0 Å². The average Bonchev–Trinajstić information content (AvgIpc) is 2.58. The zero-order valence-electron chi connectivity index (χ0n) is 13.2. The molecule has 130 valence electrons. The monoisotopic (exact) mass is 345 g/mol. The zero-order valence-corrected chi connectivity index (χ0v) is 13.2. The van der Waals surface area contributed by atoms with Crippen molar-refractivity contribution in [2.24, 2.45) is 5.10 Å². The maximum Gasteiger partial charge on any atom is 0.335 e. The summed E-state index contributed by atoms with van der Waals surface area (Å²) >= 11 is 0. The summed E-state index contributed by atoms with van der Waals surface area (Å²) in [5, 5.41) is 33.6. The fraction of sp³-hybridized carbons (Fsp3) is 0.125. The van der Waals surface area contributed by atoms with Crippen LogP contribution in [0.3, 0.4) is 0 Å². The molecule has 0 atom stereocenters. The van der Waals surface area contributed by atoms with Crippen molar-refractivity contribution in [2.75, 3.05) is 12.0 Å². The third kappa shape index (κ3) is 4.44. The Bertz CT molecular complexity index is 817. The van der Waals surface area contributed by atoms with Crippen molar-refractivity contribution in [2.45, 2.75) is 6.92 Å². The molecule has 2 rings (SSSR count). The van der Waals surface area contributed by atoms with Gasteiger partial charge in [-0.15, -0.1) is 0 Å². The number of carboxylic acids is 1. The predicted octanol–water partition coefficient (Wildman–Crippen LogP) is 2.84. The second-order valence-electron chi connectivity index (χ2n) is 4.83. The number of rotatable bonds is 7. The van der Waals surface area contributed by atoms with Crippen LogP contribution in [0.2, 0.25) is 0 Å². The highest BCUT2D eigenvalue weighted by atomic mass is 16.6. The van der Waals surface area contributed by atoms with Crippen molar-refractivity contribution in [1.82, 2.24) is 0 Å². The van der Waals surface area contributed by atoms with Crippen LogP contribution in [0.4, 0.5) is 11.4 Å². The molecule has 2 aromatic carbocycles. The van der Waals surface area contributed by atoms with E-state index in [9.17, 15) is 20.0 Å². The van der Waals surface area contributed by atoms with Crippen LogP contribution >= 0.6 is 0 Å². The highest BCUT2D eigenvalue weighted by Gasteiger charge is 2.19. The summed E-state index contributed by atoms with van der Waals surface area (Å²) in [4.78, 5) is 21.1. The largest absolute Gasteiger partial charge is 0.500 e. The summed E-state index contributed by atoms with van der Waals surface area (Å²) < 4.78 is 5.18. The Labute approximate surface area is 142 Å². The second-order valence-corrected chi connectivity index (χ2v) is 4.83. The number of nitrogens with one attached hydrogen (secondary N) is 1. The number of benzene rings is 2. The van der Waals surface area contributed by atoms with Crippen molar-refractivity contribution in [3.8, 4) is 11.5 Å². The van der Waals surface area contributed by atoms with Gasteiger partial charge in [-0.25, -0.2) is 4.79 Å². The number of ether oxygens (including phenoxy) is 1. The fourth-order valence-electron chi connectivity index (χ4n) is 1.96. The molecular weight excluding hydrogens is 330 g/mol. The normalized spacial score (nSPS) is 10.6. The summed E-state index contributed by atoms with van der Waals surface area (Å²) in [6, 6.07) is 8.48. The van der Waals surface area contributed by atoms with Crippen LogP contribution < -0.4 is 10.2 Å². The Hall–Kier alpha value is -3.62. The lowest BCUT2D eigenvalue weighted by atomic mass is 10.2. The fourth-order valence-corrected chi connectivity index (χ4v) is 1.96. The van der Waals surface area contributed by atoms with Gasteiger partial charge in [0, 0.05) is 11.6 Å². The zero-order chi connectivity index (χ0) is 18.4. The van der Waals surface area contributed by atoms with Gasteiger partial charge in [0.15, 0.2) is 5.75 Å². The first-order chi connectivity index (χ1) is 11.9. The summed E-state index contributed by atoms with van der Waals surface area (Å²) in [7, 11) is 0. The van der Waals surface area contributed by atoms with Gasteiger partial charge in [-0.2, -0.15) is 5.10 Å². The minimum Gasteiger partial charge on any atom is -0.500 e. The smallest absolute Gasteiger partial charge is 0.335 e. The lowest BCUT2D eigenvalue weighted by Gasteiger charge is -2.07. The Morgan fingerprint density at radius 1 is 1.36 bits per heavy atom. The minimum absolute atomic E-state index is 0.0102. The number of carbonyl (C=O) groups is 1. The van der Waals surface area contributed by atoms with Crippen LogP contribution in [0, 0.1) is 10.1 Å². The van der Waals surface area contributed by atoms with Gasteiger partial charge in [0.25, 0.3) is 0 Å². The Morgan fingerprint density at radius 2 is 2.04 bits per heavy atom. The molecule has 0 aliphatic heterocycles. The van der Waals surface area contributed by atoms with Crippen LogP contribution in [0.1, 0.15) is 22.8 Å². The molecule has 0 bridgehead atoms. The Kier molecular flexibility index (Phi) is 5.51. The van der Waals surface area contributed by atoms with Gasteiger partial charge in [0.05, 0.1) is 29.0 Å². The van der Waals surface area contributed by atoms with Crippen LogP contribution in [0.25, 0.3) is 0 Å².